The largest absolute Gasteiger partial charge is 0.322 e. The van der Waals surface area contributed by atoms with Crippen LogP contribution in [0.15, 0.2) is 24.3 Å². The number of thiophene rings is 1. The van der Waals surface area contributed by atoms with Crippen LogP contribution in [0.2, 0.25) is 0 Å². The van der Waals surface area contributed by atoms with E-state index in [0.29, 0.717) is 22.5 Å². The maximum atomic E-state index is 15.1. The van der Waals surface area contributed by atoms with Crippen molar-refractivity contribution in [3.63, 3.8) is 0 Å². The number of likely N-dealkylation sites (tertiary alicyclic amines) is 1. The van der Waals surface area contributed by atoms with E-state index in [4.69, 9.17) is 6.57 Å². The van der Waals surface area contributed by atoms with E-state index in [1.165, 1.54) is 22.3 Å². The number of hydrogen-bond acceptors (Lipinski definition) is 5. The summed E-state index contributed by atoms with van der Waals surface area (Å²) in [7, 11) is 0. The van der Waals surface area contributed by atoms with Gasteiger partial charge in [-0.25, -0.2) is 9.24 Å². The van der Waals surface area contributed by atoms with Crippen LogP contribution in [-0.4, -0.2) is 46.7 Å². The quantitative estimate of drug-likeness (QED) is 0.552. The Morgan fingerprint density at radius 3 is 2.64 bits per heavy atom. The summed E-state index contributed by atoms with van der Waals surface area (Å²) in [5, 5.41) is 2.99. The average Bonchev–Trinajstić information content (AvgIpc) is 3.38. The van der Waals surface area contributed by atoms with Gasteiger partial charge in [0, 0.05) is 30.0 Å². The molecule has 3 aliphatic rings. The normalized spacial score (nSPS) is 21.8. The standard InChI is InChI=1S/C24H23FN4O3S/c1-26-22-5-2-16(33-22)13-28-8-6-14(7-9-28)17-10-15-12-29(24(32)18(15)11-19(17)25)20-3-4-21(30)27-23(20)31/h2,5,10-11,14,20H,3-4,6-9,12-13H2,(H,27,30,31). The summed E-state index contributed by atoms with van der Waals surface area (Å²) in [6.45, 7) is 9.84. The van der Waals surface area contributed by atoms with Gasteiger partial charge in [0.1, 0.15) is 11.9 Å². The van der Waals surface area contributed by atoms with Gasteiger partial charge in [-0.1, -0.05) is 12.1 Å². The first kappa shape index (κ1) is 21.7. The fourth-order valence-corrected chi connectivity index (χ4v) is 5.89. The minimum absolute atomic E-state index is 0.0773. The predicted molar refractivity (Wildman–Crippen MR) is 120 cm³/mol. The molecule has 0 radical (unpaired) electrons. The van der Waals surface area contributed by atoms with Gasteiger partial charge in [0.05, 0.1) is 6.57 Å². The summed E-state index contributed by atoms with van der Waals surface area (Å²) < 4.78 is 15.1. The molecule has 1 atom stereocenters. The van der Waals surface area contributed by atoms with Crippen LogP contribution in [0.25, 0.3) is 4.85 Å². The molecule has 9 heteroatoms. The zero-order valence-electron chi connectivity index (χ0n) is 18.0. The van der Waals surface area contributed by atoms with E-state index in [0.717, 1.165) is 42.9 Å². The fourth-order valence-electron chi connectivity index (χ4n) is 5.06. The monoisotopic (exact) mass is 466 g/mol. The zero-order chi connectivity index (χ0) is 23.1. The Bertz CT molecular complexity index is 1180. The first-order valence-corrected chi connectivity index (χ1v) is 11.9. The van der Waals surface area contributed by atoms with Crippen LogP contribution in [0.3, 0.4) is 0 Å². The number of imide groups is 1. The second-order valence-corrected chi connectivity index (χ2v) is 9.98. The first-order chi connectivity index (χ1) is 15.9. The maximum Gasteiger partial charge on any atom is 0.255 e. The number of fused-ring (bicyclic) bond motifs is 1. The number of hydrogen-bond donors (Lipinski definition) is 1. The molecule has 1 unspecified atom stereocenters. The molecule has 0 bridgehead atoms. The summed E-state index contributed by atoms with van der Waals surface area (Å²) in [5.41, 5.74) is 1.69. The van der Waals surface area contributed by atoms with Crippen LogP contribution in [0.4, 0.5) is 9.39 Å². The molecule has 2 aromatic rings. The lowest BCUT2D eigenvalue weighted by Gasteiger charge is -2.32. The Kier molecular flexibility index (Phi) is 5.72. The smallest absolute Gasteiger partial charge is 0.255 e. The third kappa shape index (κ3) is 4.16. The highest BCUT2D eigenvalue weighted by molar-refractivity contribution is 7.16. The van der Waals surface area contributed by atoms with Crippen LogP contribution in [0.1, 0.15) is 58.0 Å². The van der Waals surface area contributed by atoms with E-state index in [9.17, 15) is 14.4 Å². The van der Waals surface area contributed by atoms with Crippen LogP contribution in [0, 0.1) is 12.4 Å². The van der Waals surface area contributed by atoms with Gasteiger partial charge in [0.2, 0.25) is 16.8 Å². The molecule has 1 aromatic carbocycles. The molecule has 1 N–H and O–H groups in total. The zero-order valence-corrected chi connectivity index (χ0v) is 18.8. The SMILES string of the molecule is [C-]#[N+]c1ccc(CN2CCC(c3cc4c(cc3F)C(=O)N(C3CCC(=O)NC3=O)C4)CC2)s1. The summed E-state index contributed by atoms with van der Waals surface area (Å²) in [5.74, 6) is -1.44. The summed E-state index contributed by atoms with van der Waals surface area (Å²) >= 11 is 1.51. The number of halogens is 1. The number of nitrogens with one attached hydrogen (secondary N) is 1. The number of piperidine rings is 2. The molecule has 0 spiro atoms. The Labute approximate surface area is 195 Å². The molecule has 3 aliphatic heterocycles. The third-order valence-corrected chi connectivity index (χ3v) is 7.77. The number of carbonyl (C=O) groups excluding carboxylic acids is 3. The van der Waals surface area contributed by atoms with Crippen LogP contribution in [0.5, 0.6) is 0 Å². The van der Waals surface area contributed by atoms with Crippen molar-refractivity contribution in [1.82, 2.24) is 15.1 Å². The molecule has 0 saturated carbocycles. The Morgan fingerprint density at radius 2 is 1.94 bits per heavy atom. The van der Waals surface area contributed by atoms with Crippen molar-refractivity contribution in [1.29, 1.82) is 0 Å². The van der Waals surface area contributed by atoms with Gasteiger partial charge in [-0.15, -0.1) is 0 Å². The summed E-state index contributed by atoms with van der Waals surface area (Å²) in [6.07, 6.45) is 2.13. The van der Waals surface area contributed by atoms with Crippen LogP contribution in [-0.2, 0) is 22.7 Å². The van der Waals surface area contributed by atoms with Crippen molar-refractivity contribution >= 4 is 34.1 Å². The van der Waals surface area contributed by atoms with Crippen molar-refractivity contribution in [3.8, 4) is 0 Å². The lowest BCUT2D eigenvalue weighted by molar-refractivity contribution is -0.136. The number of benzene rings is 1. The Balaban J connectivity index is 1.26. The van der Waals surface area contributed by atoms with E-state index >= 15 is 4.39 Å². The Morgan fingerprint density at radius 1 is 1.15 bits per heavy atom. The van der Waals surface area contributed by atoms with Crippen molar-refractivity contribution in [2.75, 3.05) is 13.1 Å². The molecule has 1 aromatic heterocycles. The van der Waals surface area contributed by atoms with Crippen LogP contribution >= 0.6 is 11.3 Å². The van der Waals surface area contributed by atoms with Crippen LogP contribution < -0.4 is 5.32 Å². The minimum atomic E-state index is -0.696. The highest BCUT2D eigenvalue weighted by Crippen LogP contribution is 2.36. The van der Waals surface area contributed by atoms with Gasteiger partial charge in [0.25, 0.3) is 5.91 Å². The number of amides is 3. The molecule has 170 valence electrons. The molecule has 7 nitrogen and oxygen atoms in total. The van der Waals surface area contributed by atoms with Crippen molar-refractivity contribution in [3.05, 3.63) is 63.1 Å². The molecular weight excluding hydrogens is 443 g/mol. The molecule has 5 rings (SSSR count). The van der Waals surface area contributed by atoms with Crippen molar-refractivity contribution < 1.29 is 18.8 Å². The first-order valence-electron chi connectivity index (χ1n) is 11.1. The second-order valence-electron chi connectivity index (χ2n) is 8.83. The average molecular weight is 467 g/mol. The highest BCUT2D eigenvalue weighted by atomic mass is 32.1. The van der Waals surface area contributed by atoms with Gasteiger partial charge in [0.15, 0.2) is 0 Å². The maximum absolute atomic E-state index is 15.1. The van der Waals surface area contributed by atoms with Gasteiger partial charge < -0.3 is 4.90 Å². The third-order valence-electron chi connectivity index (χ3n) is 6.81. The lowest BCUT2D eigenvalue weighted by atomic mass is 9.87. The fraction of sp³-hybridized carbons (Fsp3) is 0.417. The van der Waals surface area contributed by atoms with E-state index in [2.05, 4.69) is 15.1 Å². The van der Waals surface area contributed by atoms with Gasteiger partial charge in [-0.2, -0.15) is 11.3 Å². The minimum Gasteiger partial charge on any atom is -0.322 e. The summed E-state index contributed by atoms with van der Waals surface area (Å²) in [4.78, 5) is 45.0. The Hall–Kier alpha value is -3.09. The van der Waals surface area contributed by atoms with E-state index in [1.807, 2.05) is 12.1 Å². The van der Waals surface area contributed by atoms with Gasteiger partial charge >= 0.3 is 0 Å². The highest BCUT2D eigenvalue weighted by Gasteiger charge is 2.40. The van der Waals surface area contributed by atoms with Crippen molar-refractivity contribution in [2.45, 2.75) is 50.7 Å². The number of nitrogens with zero attached hydrogens (tertiary/aromatic N) is 3. The molecule has 2 fully saturated rings. The molecule has 33 heavy (non-hydrogen) atoms. The molecule has 3 amide bonds. The predicted octanol–water partition coefficient (Wildman–Crippen LogP) is 3.58. The molecular formula is C24H23FN4O3S. The molecule has 2 saturated heterocycles. The van der Waals surface area contributed by atoms with Crippen molar-refractivity contribution in [2.24, 2.45) is 0 Å². The number of rotatable bonds is 4. The van der Waals surface area contributed by atoms with E-state index in [-0.39, 0.29) is 36.5 Å². The molecule has 0 aliphatic carbocycles. The van der Waals surface area contributed by atoms with E-state index in [1.54, 1.807) is 6.07 Å². The summed E-state index contributed by atoms with van der Waals surface area (Å²) in [6, 6.07) is 6.27. The topological polar surface area (TPSA) is 74.1 Å². The number of carbonyl (C=O) groups is 3. The van der Waals surface area contributed by atoms with E-state index < -0.39 is 11.9 Å². The second kappa shape index (κ2) is 8.69. The van der Waals surface area contributed by atoms with Gasteiger partial charge in [-0.05, 0) is 61.5 Å². The molecule has 4 heterocycles. The lowest BCUT2D eigenvalue weighted by Crippen LogP contribution is -2.52. The van der Waals surface area contributed by atoms with Gasteiger partial charge in [-0.3, -0.25) is 24.6 Å².